The summed E-state index contributed by atoms with van der Waals surface area (Å²) >= 11 is 4.30. The van der Waals surface area contributed by atoms with Crippen molar-refractivity contribution < 1.29 is 4.74 Å². The predicted molar refractivity (Wildman–Crippen MR) is 120 cm³/mol. The van der Waals surface area contributed by atoms with E-state index in [0.29, 0.717) is 18.1 Å². The Balaban J connectivity index is 1.18. The van der Waals surface area contributed by atoms with Crippen molar-refractivity contribution in [2.24, 2.45) is 0 Å². The van der Waals surface area contributed by atoms with Crippen LogP contribution in [0.4, 0.5) is 0 Å². The van der Waals surface area contributed by atoms with Crippen LogP contribution in [0.1, 0.15) is 77.0 Å². The van der Waals surface area contributed by atoms with Crippen LogP contribution in [0.25, 0.3) is 0 Å². The Morgan fingerprint density at radius 3 is 1.90 bits per heavy atom. The number of nitrogens with zero attached hydrogens (tertiary/aromatic N) is 4. The van der Waals surface area contributed by atoms with Gasteiger partial charge in [0.25, 0.3) is 0 Å². The van der Waals surface area contributed by atoms with Crippen molar-refractivity contribution in [3.63, 3.8) is 0 Å². The molecule has 0 amide bonds. The third kappa shape index (κ3) is 5.72. The molecular weight excluding hydrogens is 380 g/mol. The number of ether oxygens (including phenoxy) is 1. The Bertz CT molecular complexity index is 616. The van der Waals surface area contributed by atoms with Gasteiger partial charge in [0.05, 0.1) is 12.2 Å². The summed E-state index contributed by atoms with van der Waals surface area (Å²) in [6.07, 6.45) is 14.7. The summed E-state index contributed by atoms with van der Waals surface area (Å²) in [4.78, 5) is 15.4. The van der Waals surface area contributed by atoms with Gasteiger partial charge in [-0.15, -0.1) is 12.6 Å². The smallest absolute Gasteiger partial charge is 0.131 e. The molecule has 1 aromatic rings. The van der Waals surface area contributed by atoms with Gasteiger partial charge < -0.3 is 14.5 Å². The van der Waals surface area contributed by atoms with Crippen LogP contribution in [0.2, 0.25) is 0 Å². The number of hydrogen-bond donors (Lipinski definition) is 1. The molecule has 1 saturated carbocycles. The molecule has 5 nitrogen and oxygen atoms in total. The largest absolute Gasteiger partial charge is 0.376 e. The van der Waals surface area contributed by atoms with Crippen LogP contribution in [-0.4, -0.2) is 70.2 Å². The topological polar surface area (TPSA) is 41.5 Å². The maximum Gasteiger partial charge on any atom is 0.131 e. The van der Waals surface area contributed by atoms with E-state index in [1.165, 1.54) is 77.5 Å². The lowest BCUT2D eigenvalue weighted by molar-refractivity contribution is -0.0308. The third-order valence-electron chi connectivity index (χ3n) is 7.19. The molecule has 0 spiro atoms. The molecule has 0 bridgehead atoms. The minimum absolute atomic E-state index is 0.366. The number of thiol groups is 1. The quantitative estimate of drug-likeness (QED) is 0.728. The highest BCUT2D eigenvalue weighted by Crippen LogP contribution is 2.31. The molecule has 4 rings (SSSR count). The number of hydrogen-bond acceptors (Lipinski definition) is 6. The molecule has 3 aliphatic rings. The van der Waals surface area contributed by atoms with Crippen molar-refractivity contribution in [1.82, 2.24) is 19.8 Å². The van der Waals surface area contributed by atoms with Crippen LogP contribution >= 0.6 is 12.6 Å². The van der Waals surface area contributed by atoms with Crippen molar-refractivity contribution in [3.8, 4) is 0 Å². The molecule has 29 heavy (non-hydrogen) atoms. The van der Waals surface area contributed by atoms with E-state index in [9.17, 15) is 0 Å². The summed E-state index contributed by atoms with van der Waals surface area (Å²) < 4.78 is 6.03. The molecule has 0 atom stereocenters. The van der Waals surface area contributed by atoms with Crippen LogP contribution < -0.4 is 0 Å². The van der Waals surface area contributed by atoms with Gasteiger partial charge in [-0.1, -0.05) is 0 Å². The fraction of sp³-hybridized carbons (Fsp3) is 0.826. The van der Waals surface area contributed by atoms with E-state index in [1.807, 2.05) is 12.4 Å². The van der Waals surface area contributed by atoms with Crippen molar-refractivity contribution >= 4 is 12.6 Å². The Morgan fingerprint density at radius 1 is 0.828 bits per heavy atom. The van der Waals surface area contributed by atoms with Crippen molar-refractivity contribution in [3.05, 3.63) is 18.2 Å². The SMILES string of the molecule is CC(C)O[C@H]1CC[C@@H](N2CCC(N3CCC(c4ncc(S)cn4)CC3)CC2)CC1. The summed E-state index contributed by atoms with van der Waals surface area (Å²) in [5.41, 5.74) is 0. The van der Waals surface area contributed by atoms with Crippen LogP contribution in [0.5, 0.6) is 0 Å². The van der Waals surface area contributed by atoms with Gasteiger partial charge in [0, 0.05) is 35.3 Å². The van der Waals surface area contributed by atoms with Gasteiger partial charge in [-0.05, 0) is 91.4 Å². The van der Waals surface area contributed by atoms with Gasteiger partial charge in [0.1, 0.15) is 5.82 Å². The van der Waals surface area contributed by atoms with Crippen molar-refractivity contribution in [1.29, 1.82) is 0 Å². The maximum absolute atomic E-state index is 6.03. The van der Waals surface area contributed by atoms with Crippen LogP contribution in [-0.2, 0) is 4.74 Å². The van der Waals surface area contributed by atoms with Gasteiger partial charge in [0.2, 0.25) is 0 Å². The lowest BCUT2D eigenvalue weighted by Crippen LogP contribution is -2.50. The summed E-state index contributed by atoms with van der Waals surface area (Å²) in [7, 11) is 0. The zero-order valence-electron chi connectivity index (χ0n) is 18.2. The van der Waals surface area contributed by atoms with E-state index in [0.717, 1.165) is 22.8 Å². The first-order valence-electron chi connectivity index (χ1n) is 11.7. The number of rotatable bonds is 5. The monoisotopic (exact) mass is 418 g/mol. The minimum atomic E-state index is 0.366. The second kappa shape index (κ2) is 10.1. The fourth-order valence-corrected chi connectivity index (χ4v) is 5.73. The molecule has 2 aliphatic heterocycles. The van der Waals surface area contributed by atoms with Crippen LogP contribution in [0.15, 0.2) is 17.3 Å². The third-order valence-corrected chi connectivity index (χ3v) is 7.42. The van der Waals surface area contributed by atoms with Gasteiger partial charge in [0.15, 0.2) is 0 Å². The second-order valence-corrected chi connectivity index (χ2v) is 10.0. The molecule has 0 N–H and O–H groups in total. The fourth-order valence-electron chi connectivity index (χ4n) is 5.61. The summed E-state index contributed by atoms with van der Waals surface area (Å²) in [6.45, 7) is 9.25. The molecule has 0 aromatic carbocycles. The molecule has 1 aliphatic carbocycles. The zero-order chi connectivity index (χ0) is 20.2. The molecule has 0 radical (unpaired) electrons. The molecule has 0 unspecified atom stereocenters. The minimum Gasteiger partial charge on any atom is -0.376 e. The van der Waals surface area contributed by atoms with E-state index >= 15 is 0 Å². The van der Waals surface area contributed by atoms with E-state index < -0.39 is 0 Å². The Labute approximate surface area is 182 Å². The first-order chi connectivity index (χ1) is 14.1. The molecule has 3 heterocycles. The molecule has 1 aromatic heterocycles. The lowest BCUT2D eigenvalue weighted by atomic mass is 9.89. The van der Waals surface area contributed by atoms with E-state index in [4.69, 9.17) is 4.74 Å². The number of likely N-dealkylation sites (tertiary alicyclic amines) is 2. The van der Waals surface area contributed by atoms with E-state index in [-0.39, 0.29) is 0 Å². The first-order valence-corrected chi connectivity index (χ1v) is 12.2. The Hall–Kier alpha value is -0.690. The lowest BCUT2D eigenvalue weighted by Gasteiger charge is -2.45. The summed E-state index contributed by atoms with van der Waals surface area (Å²) in [5.74, 6) is 1.53. The van der Waals surface area contributed by atoms with Gasteiger partial charge in [-0.3, -0.25) is 0 Å². The van der Waals surface area contributed by atoms with E-state index in [2.05, 4.69) is 46.2 Å². The van der Waals surface area contributed by atoms with Crippen LogP contribution in [0, 0.1) is 0 Å². The normalized spacial score (nSPS) is 28.8. The number of piperidine rings is 2. The number of aromatic nitrogens is 2. The molecule has 6 heteroatoms. The molecule has 162 valence electrons. The van der Waals surface area contributed by atoms with Crippen molar-refractivity contribution in [2.45, 2.75) is 100 Å². The first kappa shape index (κ1) is 21.5. The predicted octanol–water partition coefficient (Wildman–Crippen LogP) is 4.15. The molecule has 2 saturated heterocycles. The average Bonchev–Trinajstić information content (AvgIpc) is 2.75. The van der Waals surface area contributed by atoms with Crippen molar-refractivity contribution in [2.75, 3.05) is 26.2 Å². The zero-order valence-corrected chi connectivity index (χ0v) is 19.1. The van der Waals surface area contributed by atoms with Gasteiger partial charge >= 0.3 is 0 Å². The Kier molecular flexibility index (Phi) is 7.49. The average molecular weight is 419 g/mol. The molecule has 3 fully saturated rings. The standard InChI is InChI=1S/C23H38N4OS/c1-17(2)28-21-5-3-19(4-6-21)27-13-9-20(10-14-27)26-11-7-18(8-12-26)23-24-15-22(29)16-25-23/h15-21,29H,3-14H2,1-2H3/t19-,21+. The summed E-state index contributed by atoms with van der Waals surface area (Å²) in [6, 6.07) is 1.56. The van der Waals surface area contributed by atoms with E-state index in [1.54, 1.807) is 0 Å². The maximum atomic E-state index is 6.03. The highest BCUT2D eigenvalue weighted by atomic mass is 32.1. The molecular formula is C23H38N4OS. The Morgan fingerprint density at radius 2 is 1.34 bits per heavy atom. The van der Waals surface area contributed by atoms with Crippen LogP contribution in [0.3, 0.4) is 0 Å². The second-order valence-electron chi connectivity index (χ2n) is 9.49. The summed E-state index contributed by atoms with van der Waals surface area (Å²) in [5, 5.41) is 0. The highest BCUT2D eigenvalue weighted by molar-refractivity contribution is 7.80. The van der Waals surface area contributed by atoms with Gasteiger partial charge in [-0.2, -0.15) is 0 Å². The highest BCUT2D eigenvalue weighted by Gasteiger charge is 2.33. The van der Waals surface area contributed by atoms with Gasteiger partial charge in [-0.25, -0.2) is 9.97 Å².